The molecule has 2 atom stereocenters. The molecule has 0 unspecified atom stereocenters. The summed E-state index contributed by atoms with van der Waals surface area (Å²) in [5.41, 5.74) is 2.40. The molecule has 0 aliphatic heterocycles. The van der Waals surface area contributed by atoms with Gasteiger partial charge in [0.1, 0.15) is 16.2 Å². The van der Waals surface area contributed by atoms with Crippen molar-refractivity contribution in [2.24, 2.45) is 5.92 Å². The molecule has 3 nitrogen and oxygen atoms in total. The molecule has 1 N–H and O–H groups in total. The molecule has 0 fully saturated rings. The molecular formula is C19H20N2OS2. The second-order valence-corrected chi connectivity index (χ2v) is 8.54. The number of aromatic nitrogens is 2. The molecule has 0 saturated heterocycles. The van der Waals surface area contributed by atoms with Gasteiger partial charge >= 0.3 is 0 Å². The first-order valence-corrected chi connectivity index (χ1v) is 10.1. The van der Waals surface area contributed by atoms with Crippen molar-refractivity contribution >= 4 is 33.3 Å². The van der Waals surface area contributed by atoms with Crippen LogP contribution in [-0.2, 0) is 12.8 Å². The minimum atomic E-state index is -0.476. The number of nitrogens with zero attached hydrogens (tertiary/aromatic N) is 2. The first-order valence-electron chi connectivity index (χ1n) is 8.33. The normalized spacial score (nSPS) is 18.5. The van der Waals surface area contributed by atoms with Gasteiger partial charge in [0.15, 0.2) is 0 Å². The average Bonchev–Trinajstić information content (AvgIpc) is 2.98. The third-order valence-electron chi connectivity index (χ3n) is 4.62. The van der Waals surface area contributed by atoms with Gasteiger partial charge in [-0.1, -0.05) is 37.3 Å². The van der Waals surface area contributed by atoms with Crippen molar-refractivity contribution in [2.45, 2.75) is 37.3 Å². The molecule has 3 aromatic rings. The zero-order valence-electron chi connectivity index (χ0n) is 13.6. The van der Waals surface area contributed by atoms with Gasteiger partial charge in [-0.3, -0.25) is 0 Å². The van der Waals surface area contributed by atoms with Crippen LogP contribution in [0.3, 0.4) is 0 Å². The standard InChI is InChI=1S/C19H20N2OS2/c1-12-7-8-14-16(9-12)24-19-17(14)18(20-11-21-19)23-10-15(22)13-5-3-2-4-6-13/h2-6,11-12,15,22H,7-10H2,1H3/t12-,15+/m0/s1. The van der Waals surface area contributed by atoms with Crippen molar-refractivity contribution in [3.8, 4) is 0 Å². The van der Waals surface area contributed by atoms with E-state index in [1.807, 2.05) is 41.7 Å². The van der Waals surface area contributed by atoms with Gasteiger partial charge in [0.2, 0.25) is 0 Å². The second kappa shape index (κ2) is 6.82. The second-order valence-electron chi connectivity index (χ2n) is 6.45. The van der Waals surface area contributed by atoms with Crippen molar-refractivity contribution in [3.63, 3.8) is 0 Å². The molecule has 124 valence electrons. The molecule has 0 amide bonds. The molecule has 1 aliphatic rings. The Bertz CT molecular complexity index is 847. The molecule has 0 saturated carbocycles. The van der Waals surface area contributed by atoms with Gasteiger partial charge in [0.05, 0.1) is 6.10 Å². The van der Waals surface area contributed by atoms with E-state index in [2.05, 4.69) is 16.9 Å². The summed E-state index contributed by atoms with van der Waals surface area (Å²) in [7, 11) is 0. The number of hydrogen-bond donors (Lipinski definition) is 1. The molecule has 5 heteroatoms. The third kappa shape index (κ3) is 3.08. The van der Waals surface area contributed by atoms with E-state index >= 15 is 0 Å². The fraction of sp³-hybridized carbons (Fsp3) is 0.368. The molecule has 24 heavy (non-hydrogen) atoms. The minimum Gasteiger partial charge on any atom is -0.388 e. The van der Waals surface area contributed by atoms with Gasteiger partial charge in [-0.25, -0.2) is 9.97 Å². The van der Waals surface area contributed by atoms with Gasteiger partial charge in [-0.15, -0.1) is 23.1 Å². The highest BCUT2D eigenvalue weighted by atomic mass is 32.2. The lowest BCUT2D eigenvalue weighted by atomic mass is 9.89. The van der Waals surface area contributed by atoms with Crippen LogP contribution in [0.5, 0.6) is 0 Å². The molecule has 1 aromatic carbocycles. The number of thiophene rings is 1. The Morgan fingerprint density at radius 2 is 2.12 bits per heavy atom. The van der Waals surface area contributed by atoms with Crippen LogP contribution in [0, 0.1) is 5.92 Å². The molecule has 2 aromatic heterocycles. The molecule has 4 rings (SSSR count). The summed E-state index contributed by atoms with van der Waals surface area (Å²) in [6.07, 6.45) is 4.71. The van der Waals surface area contributed by atoms with Crippen LogP contribution in [0.4, 0.5) is 0 Å². The van der Waals surface area contributed by atoms with Crippen molar-refractivity contribution in [3.05, 3.63) is 52.7 Å². The van der Waals surface area contributed by atoms with Crippen molar-refractivity contribution in [1.82, 2.24) is 9.97 Å². The number of rotatable bonds is 4. The smallest absolute Gasteiger partial charge is 0.128 e. The van der Waals surface area contributed by atoms with Crippen LogP contribution in [0.1, 0.15) is 35.5 Å². The zero-order chi connectivity index (χ0) is 16.5. The van der Waals surface area contributed by atoms with E-state index in [9.17, 15) is 5.11 Å². The number of fused-ring (bicyclic) bond motifs is 3. The fourth-order valence-electron chi connectivity index (χ4n) is 3.28. The van der Waals surface area contributed by atoms with E-state index in [4.69, 9.17) is 0 Å². The van der Waals surface area contributed by atoms with E-state index in [-0.39, 0.29) is 0 Å². The molecular weight excluding hydrogens is 336 g/mol. The van der Waals surface area contributed by atoms with Crippen LogP contribution in [0.25, 0.3) is 10.2 Å². The maximum Gasteiger partial charge on any atom is 0.128 e. The maximum absolute atomic E-state index is 10.4. The Morgan fingerprint density at radius 1 is 1.29 bits per heavy atom. The minimum absolute atomic E-state index is 0.476. The molecule has 0 spiro atoms. The van der Waals surface area contributed by atoms with Gasteiger partial charge in [0.25, 0.3) is 0 Å². The number of benzene rings is 1. The van der Waals surface area contributed by atoms with Crippen LogP contribution in [0.15, 0.2) is 41.7 Å². The Balaban J connectivity index is 1.60. The number of aryl methyl sites for hydroxylation is 1. The van der Waals surface area contributed by atoms with E-state index < -0.39 is 6.10 Å². The van der Waals surface area contributed by atoms with Crippen LogP contribution in [-0.4, -0.2) is 20.8 Å². The number of aliphatic hydroxyl groups is 1. The van der Waals surface area contributed by atoms with E-state index in [1.165, 1.54) is 22.2 Å². The molecule has 1 aliphatic carbocycles. The summed E-state index contributed by atoms with van der Waals surface area (Å²) >= 11 is 3.46. The largest absolute Gasteiger partial charge is 0.388 e. The zero-order valence-corrected chi connectivity index (χ0v) is 15.2. The summed E-state index contributed by atoms with van der Waals surface area (Å²) in [5.74, 6) is 1.37. The summed E-state index contributed by atoms with van der Waals surface area (Å²) < 4.78 is 0. The molecule has 2 heterocycles. The summed E-state index contributed by atoms with van der Waals surface area (Å²) in [6.45, 7) is 2.32. The number of aliphatic hydroxyl groups excluding tert-OH is 1. The van der Waals surface area contributed by atoms with Crippen molar-refractivity contribution in [1.29, 1.82) is 0 Å². The lowest BCUT2D eigenvalue weighted by Crippen LogP contribution is -2.08. The Morgan fingerprint density at radius 3 is 2.96 bits per heavy atom. The van der Waals surface area contributed by atoms with Gasteiger partial charge in [-0.05, 0) is 36.3 Å². The number of thioether (sulfide) groups is 1. The van der Waals surface area contributed by atoms with Gasteiger partial charge in [0, 0.05) is 16.0 Å². The van der Waals surface area contributed by atoms with Crippen LogP contribution >= 0.6 is 23.1 Å². The third-order valence-corrected chi connectivity index (χ3v) is 6.85. The Kier molecular flexibility index (Phi) is 4.57. The lowest BCUT2D eigenvalue weighted by molar-refractivity contribution is 0.204. The predicted octanol–water partition coefficient (Wildman–Crippen LogP) is 4.64. The average molecular weight is 357 g/mol. The first-order chi connectivity index (χ1) is 11.7. The first kappa shape index (κ1) is 16.1. The SMILES string of the molecule is C[C@H]1CCc2c(sc3ncnc(SC[C@@H](O)c4ccccc4)c23)C1. The van der Waals surface area contributed by atoms with Crippen LogP contribution < -0.4 is 0 Å². The Hall–Kier alpha value is -1.43. The summed E-state index contributed by atoms with van der Waals surface area (Å²) in [6, 6.07) is 9.82. The summed E-state index contributed by atoms with van der Waals surface area (Å²) in [4.78, 5) is 11.6. The van der Waals surface area contributed by atoms with Gasteiger partial charge < -0.3 is 5.11 Å². The highest BCUT2D eigenvalue weighted by Crippen LogP contribution is 2.41. The lowest BCUT2D eigenvalue weighted by Gasteiger charge is -2.18. The van der Waals surface area contributed by atoms with E-state index in [0.29, 0.717) is 5.75 Å². The maximum atomic E-state index is 10.4. The van der Waals surface area contributed by atoms with Crippen molar-refractivity contribution < 1.29 is 5.11 Å². The molecule has 0 radical (unpaired) electrons. The number of hydrogen-bond acceptors (Lipinski definition) is 5. The molecule has 0 bridgehead atoms. The summed E-state index contributed by atoms with van der Waals surface area (Å²) in [5, 5.41) is 12.7. The fourth-order valence-corrected chi connectivity index (χ4v) is 5.69. The Labute approximate surface area is 150 Å². The van der Waals surface area contributed by atoms with Crippen molar-refractivity contribution in [2.75, 3.05) is 5.75 Å². The quantitative estimate of drug-likeness (QED) is 0.546. The predicted molar refractivity (Wildman–Crippen MR) is 101 cm³/mol. The highest BCUT2D eigenvalue weighted by molar-refractivity contribution is 7.99. The monoisotopic (exact) mass is 356 g/mol. The topological polar surface area (TPSA) is 46.0 Å². The highest BCUT2D eigenvalue weighted by Gasteiger charge is 2.23. The van der Waals surface area contributed by atoms with Crippen LogP contribution in [0.2, 0.25) is 0 Å². The van der Waals surface area contributed by atoms with E-state index in [1.54, 1.807) is 18.1 Å². The van der Waals surface area contributed by atoms with E-state index in [0.717, 1.165) is 34.2 Å². The van der Waals surface area contributed by atoms with Gasteiger partial charge in [-0.2, -0.15) is 0 Å².